The van der Waals surface area contributed by atoms with Crippen molar-refractivity contribution in [3.8, 4) is 0 Å². The fourth-order valence-corrected chi connectivity index (χ4v) is 3.05. The third-order valence-electron chi connectivity index (χ3n) is 2.96. The lowest BCUT2D eigenvalue weighted by Gasteiger charge is -2.14. The lowest BCUT2D eigenvalue weighted by Crippen LogP contribution is -2.19. The number of hydrogen-bond acceptors (Lipinski definition) is 3. The molecule has 19 heavy (non-hydrogen) atoms. The van der Waals surface area contributed by atoms with E-state index in [1.54, 1.807) is 11.8 Å². The van der Waals surface area contributed by atoms with E-state index in [-0.39, 0.29) is 12.0 Å². The predicted octanol–water partition coefficient (Wildman–Crippen LogP) is 3.69. The summed E-state index contributed by atoms with van der Waals surface area (Å²) in [5.41, 5.74) is 0.907. The van der Waals surface area contributed by atoms with Crippen LogP contribution in [-0.2, 0) is 9.53 Å². The van der Waals surface area contributed by atoms with E-state index in [1.807, 2.05) is 24.3 Å². The number of thioether (sulfide) groups is 1. The highest BCUT2D eigenvalue weighted by Crippen LogP contribution is 2.30. The molecular formula is C15H21NO2S. The third-order valence-corrected chi connectivity index (χ3v) is 4.04. The van der Waals surface area contributed by atoms with Crippen molar-refractivity contribution < 1.29 is 9.53 Å². The van der Waals surface area contributed by atoms with Gasteiger partial charge in [-0.1, -0.05) is 26.0 Å². The molecule has 1 aliphatic heterocycles. The van der Waals surface area contributed by atoms with Gasteiger partial charge < -0.3 is 10.1 Å². The lowest BCUT2D eigenvalue weighted by atomic mass is 10.2. The zero-order valence-electron chi connectivity index (χ0n) is 11.5. The molecule has 1 amide bonds. The minimum absolute atomic E-state index is 0.0451. The molecule has 1 N–H and O–H groups in total. The molecule has 3 nitrogen and oxygen atoms in total. The van der Waals surface area contributed by atoms with E-state index in [0.717, 1.165) is 30.0 Å². The second-order valence-corrected chi connectivity index (χ2v) is 6.67. The minimum atomic E-state index is 0.0451. The van der Waals surface area contributed by atoms with Crippen molar-refractivity contribution in [2.24, 2.45) is 0 Å². The third kappa shape index (κ3) is 4.55. The van der Waals surface area contributed by atoms with Gasteiger partial charge in [0.15, 0.2) is 0 Å². The number of nitrogens with one attached hydrogen (secondary N) is 1. The summed E-state index contributed by atoms with van der Waals surface area (Å²) in [5.74, 6) is 0.0451. The van der Waals surface area contributed by atoms with Crippen LogP contribution >= 0.6 is 11.8 Å². The number of rotatable bonds is 5. The number of carbonyl (C=O) groups excluding carboxylic acids is 1. The van der Waals surface area contributed by atoms with E-state index < -0.39 is 0 Å². The van der Waals surface area contributed by atoms with Crippen LogP contribution in [0.3, 0.4) is 0 Å². The summed E-state index contributed by atoms with van der Waals surface area (Å²) in [5, 5.41) is 3.50. The Labute approximate surface area is 119 Å². The molecular weight excluding hydrogens is 258 g/mol. The highest BCUT2D eigenvalue weighted by Gasteiger charge is 2.19. The molecule has 1 unspecified atom stereocenters. The Kier molecular flexibility index (Phi) is 5.28. The molecule has 104 valence electrons. The Hall–Kier alpha value is -1.00. The highest BCUT2D eigenvalue weighted by atomic mass is 32.2. The number of benzene rings is 1. The van der Waals surface area contributed by atoms with Crippen LogP contribution < -0.4 is 5.32 Å². The van der Waals surface area contributed by atoms with E-state index in [9.17, 15) is 4.79 Å². The summed E-state index contributed by atoms with van der Waals surface area (Å²) in [6.07, 6.45) is 2.62. The van der Waals surface area contributed by atoms with Crippen LogP contribution in [-0.4, -0.2) is 23.9 Å². The number of hydrogen-bond donors (Lipinski definition) is 1. The Morgan fingerprint density at radius 2 is 2.26 bits per heavy atom. The molecule has 1 atom stereocenters. The predicted molar refractivity (Wildman–Crippen MR) is 79.7 cm³/mol. The molecule has 1 fully saturated rings. The zero-order valence-corrected chi connectivity index (χ0v) is 12.3. The first kappa shape index (κ1) is 14.4. The summed E-state index contributed by atoms with van der Waals surface area (Å²) >= 11 is 1.76. The fourth-order valence-electron chi connectivity index (χ4n) is 2.14. The molecule has 1 aromatic rings. The average Bonchev–Trinajstić information content (AvgIpc) is 2.83. The standard InChI is InChI=1S/C15H21NO2S/c1-11(2)19-14-8-4-3-7-13(14)16-15(17)10-12-6-5-9-18-12/h3-4,7-8,11-12H,5-6,9-10H2,1-2H3,(H,16,17). The van der Waals surface area contributed by atoms with Crippen molar-refractivity contribution in [3.05, 3.63) is 24.3 Å². The van der Waals surface area contributed by atoms with E-state index >= 15 is 0 Å². The van der Waals surface area contributed by atoms with Crippen molar-refractivity contribution in [3.63, 3.8) is 0 Å². The monoisotopic (exact) mass is 279 g/mol. The first-order valence-corrected chi connectivity index (χ1v) is 7.70. The Balaban J connectivity index is 1.95. The zero-order chi connectivity index (χ0) is 13.7. The highest BCUT2D eigenvalue weighted by molar-refractivity contribution is 8.00. The smallest absolute Gasteiger partial charge is 0.227 e. The van der Waals surface area contributed by atoms with E-state index in [0.29, 0.717) is 11.7 Å². The molecule has 0 bridgehead atoms. The number of carbonyl (C=O) groups is 1. The summed E-state index contributed by atoms with van der Waals surface area (Å²) < 4.78 is 5.49. The van der Waals surface area contributed by atoms with E-state index in [2.05, 4.69) is 19.2 Å². The van der Waals surface area contributed by atoms with Gasteiger partial charge in [-0.15, -0.1) is 11.8 Å². The lowest BCUT2D eigenvalue weighted by molar-refractivity contribution is -0.118. The first-order chi connectivity index (χ1) is 9.15. The Morgan fingerprint density at radius 3 is 2.95 bits per heavy atom. The molecule has 2 rings (SSSR count). The molecule has 0 aliphatic carbocycles. The Morgan fingerprint density at radius 1 is 1.47 bits per heavy atom. The van der Waals surface area contributed by atoms with Crippen molar-refractivity contribution in [2.75, 3.05) is 11.9 Å². The SMILES string of the molecule is CC(C)Sc1ccccc1NC(=O)CC1CCCO1. The van der Waals surface area contributed by atoms with Gasteiger partial charge >= 0.3 is 0 Å². The summed E-state index contributed by atoms with van der Waals surface area (Å²) in [6, 6.07) is 7.96. The van der Waals surface area contributed by atoms with Gasteiger partial charge in [0.2, 0.25) is 5.91 Å². The van der Waals surface area contributed by atoms with E-state index in [1.165, 1.54) is 0 Å². The van der Waals surface area contributed by atoms with Crippen LogP contribution in [0.4, 0.5) is 5.69 Å². The molecule has 0 saturated carbocycles. The van der Waals surface area contributed by atoms with Crippen LogP contribution in [0.1, 0.15) is 33.1 Å². The summed E-state index contributed by atoms with van der Waals surface area (Å²) in [4.78, 5) is 13.1. The number of para-hydroxylation sites is 1. The molecule has 1 aromatic carbocycles. The largest absolute Gasteiger partial charge is 0.378 e. The number of anilines is 1. The Bertz CT molecular complexity index is 428. The van der Waals surface area contributed by atoms with Crippen molar-refractivity contribution in [1.82, 2.24) is 0 Å². The van der Waals surface area contributed by atoms with Gasteiger partial charge in [-0.25, -0.2) is 0 Å². The molecule has 0 radical (unpaired) electrons. The molecule has 1 saturated heterocycles. The maximum atomic E-state index is 12.0. The van der Waals surface area contributed by atoms with Gasteiger partial charge in [-0.2, -0.15) is 0 Å². The van der Waals surface area contributed by atoms with Gasteiger partial charge in [-0.05, 0) is 25.0 Å². The first-order valence-electron chi connectivity index (χ1n) is 6.82. The molecule has 0 spiro atoms. The normalized spacial score (nSPS) is 18.8. The molecule has 4 heteroatoms. The fraction of sp³-hybridized carbons (Fsp3) is 0.533. The van der Waals surface area contributed by atoms with Crippen LogP contribution in [0.15, 0.2) is 29.2 Å². The quantitative estimate of drug-likeness (QED) is 0.835. The molecule has 0 aromatic heterocycles. The number of ether oxygens (including phenoxy) is 1. The van der Waals surface area contributed by atoms with E-state index in [4.69, 9.17) is 4.74 Å². The second kappa shape index (κ2) is 6.96. The van der Waals surface area contributed by atoms with Gasteiger partial charge in [-0.3, -0.25) is 4.79 Å². The molecule has 1 heterocycles. The van der Waals surface area contributed by atoms with Crippen molar-refractivity contribution >= 4 is 23.4 Å². The van der Waals surface area contributed by atoms with Crippen LogP contribution in [0.2, 0.25) is 0 Å². The second-order valence-electron chi connectivity index (χ2n) is 5.05. The van der Waals surface area contributed by atoms with Crippen LogP contribution in [0, 0.1) is 0 Å². The van der Waals surface area contributed by atoms with Crippen LogP contribution in [0.25, 0.3) is 0 Å². The van der Waals surface area contributed by atoms with Gasteiger partial charge in [0, 0.05) is 16.8 Å². The minimum Gasteiger partial charge on any atom is -0.378 e. The summed E-state index contributed by atoms with van der Waals surface area (Å²) in [7, 11) is 0. The van der Waals surface area contributed by atoms with Crippen LogP contribution in [0.5, 0.6) is 0 Å². The topological polar surface area (TPSA) is 38.3 Å². The molecule has 1 aliphatic rings. The van der Waals surface area contributed by atoms with Crippen molar-refractivity contribution in [1.29, 1.82) is 0 Å². The van der Waals surface area contributed by atoms with Gasteiger partial charge in [0.1, 0.15) is 0 Å². The van der Waals surface area contributed by atoms with Crippen molar-refractivity contribution in [2.45, 2.75) is 49.4 Å². The van der Waals surface area contributed by atoms with Gasteiger partial charge in [0.25, 0.3) is 0 Å². The summed E-state index contributed by atoms with van der Waals surface area (Å²) in [6.45, 7) is 5.09. The maximum absolute atomic E-state index is 12.0. The number of amides is 1. The average molecular weight is 279 g/mol. The van der Waals surface area contributed by atoms with Gasteiger partial charge in [0.05, 0.1) is 18.2 Å². The maximum Gasteiger partial charge on any atom is 0.227 e.